The number of halogens is 3. The van der Waals surface area contributed by atoms with Crippen molar-refractivity contribution in [1.29, 1.82) is 0 Å². The zero-order valence-electron chi connectivity index (χ0n) is 14.5. The van der Waals surface area contributed by atoms with Crippen LogP contribution in [-0.2, 0) is 7.05 Å². The molecule has 0 spiro atoms. The highest BCUT2D eigenvalue weighted by molar-refractivity contribution is 6.33. The maximum absolute atomic E-state index is 13.5. The van der Waals surface area contributed by atoms with Crippen LogP contribution in [0.4, 0.5) is 8.78 Å². The van der Waals surface area contributed by atoms with Gasteiger partial charge in [-0.25, -0.2) is 8.78 Å². The van der Waals surface area contributed by atoms with Crippen LogP contribution in [0.15, 0.2) is 36.7 Å². The molecule has 1 saturated heterocycles. The van der Waals surface area contributed by atoms with E-state index in [2.05, 4.69) is 10.4 Å². The van der Waals surface area contributed by atoms with Gasteiger partial charge in [-0.15, -0.1) is 0 Å². The third-order valence-electron chi connectivity index (χ3n) is 4.65. The number of piperidine rings is 1. The predicted octanol–water partition coefficient (Wildman–Crippen LogP) is 3.28. The molecule has 0 saturated carbocycles. The summed E-state index contributed by atoms with van der Waals surface area (Å²) in [6, 6.07) is 6.59. The lowest BCUT2D eigenvalue weighted by Crippen LogP contribution is -2.45. The first-order chi connectivity index (χ1) is 12.4. The molecule has 3 rings (SSSR count). The summed E-state index contributed by atoms with van der Waals surface area (Å²) >= 11 is 6.07. The molecule has 1 aliphatic heterocycles. The average Bonchev–Trinajstić information content (AvgIpc) is 3.02. The maximum atomic E-state index is 13.5. The molecule has 1 aromatic heterocycles. The van der Waals surface area contributed by atoms with E-state index in [0.29, 0.717) is 17.1 Å². The number of rotatable bonds is 5. The molecule has 1 aliphatic rings. The smallest absolute Gasteiger partial charge is 0.252 e. The van der Waals surface area contributed by atoms with Crippen molar-refractivity contribution in [2.24, 2.45) is 7.05 Å². The molecule has 1 unspecified atom stereocenters. The van der Waals surface area contributed by atoms with Gasteiger partial charge in [-0.3, -0.25) is 14.4 Å². The summed E-state index contributed by atoms with van der Waals surface area (Å²) in [5, 5.41) is 7.42. The van der Waals surface area contributed by atoms with Crippen molar-refractivity contribution < 1.29 is 13.6 Å². The van der Waals surface area contributed by atoms with E-state index in [4.69, 9.17) is 11.6 Å². The van der Waals surface area contributed by atoms with Crippen molar-refractivity contribution in [3.8, 4) is 0 Å². The Labute approximate surface area is 155 Å². The quantitative estimate of drug-likeness (QED) is 0.863. The molecule has 1 atom stereocenters. The fourth-order valence-corrected chi connectivity index (χ4v) is 3.38. The summed E-state index contributed by atoms with van der Waals surface area (Å²) < 4.78 is 28.7. The second-order valence-corrected chi connectivity index (χ2v) is 6.95. The third kappa shape index (κ3) is 4.40. The fraction of sp³-hybridized carbons (Fsp3) is 0.444. The van der Waals surface area contributed by atoms with Crippen LogP contribution in [0, 0.1) is 0 Å². The van der Waals surface area contributed by atoms with E-state index in [-0.39, 0.29) is 37.9 Å². The van der Waals surface area contributed by atoms with Crippen molar-refractivity contribution in [3.63, 3.8) is 0 Å². The Balaban J connectivity index is 1.72. The molecule has 2 heterocycles. The Hall–Kier alpha value is -1.99. The highest BCUT2D eigenvalue weighted by Gasteiger charge is 2.37. The van der Waals surface area contributed by atoms with Gasteiger partial charge in [-0.05, 0) is 12.1 Å². The number of carbonyl (C=O) groups excluding carboxylic acids is 1. The lowest BCUT2D eigenvalue weighted by atomic mass is 10.0. The van der Waals surface area contributed by atoms with Crippen molar-refractivity contribution in [3.05, 3.63) is 52.8 Å². The zero-order valence-corrected chi connectivity index (χ0v) is 15.2. The van der Waals surface area contributed by atoms with Crippen molar-refractivity contribution in [1.82, 2.24) is 20.0 Å². The normalized spacial score (nSPS) is 18.5. The highest BCUT2D eigenvalue weighted by Crippen LogP contribution is 2.32. The molecule has 8 heteroatoms. The second-order valence-electron chi connectivity index (χ2n) is 6.54. The largest absolute Gasteiger partial charge is 0.350 e. The van der Waals surface area contributed by atoms with E-state index in [1.807, 2.05) is 11.1 Å². The van der Waals surface area contributed by atoms with E-state index in [0.717, 1.165) is 5.56 Å². The molecule has 0 radical (unpaired) electrons. The first kappa shape index (κ1) is 18.8. The second kappa shape index (κ2) is 7.72. The molecular formula is C18H21ClF2N4O. The Morgan fingerprint density at radius 2 is 2.04 bits per heavy atom. The van der Waals surface area contributed by atoms with Crippen LogP contribution in [0.25, 0.3) is 0 Å². The third-order valence-corrected chi connectivity index (χ3v) is 4.98. The number of carbonyl (C=O) groups is 1. The molecule has 0 aliphatic carbocycles. The lowest BCUT2D eigenvalue weighted by Gasteiger charge is -2.37. The van der Waals surface area contributed by atoms with Crippen LogP contribution < -0.4 is 5.32 Å². The van der Waals surface area contributed by atoms with Gasteiger partial charge >= 0.3 is 0 Å². The zero-order chi connectivity index (χ0) is 18.7. The van der Waals surface area contributed by atoms with E-state index in [1.54, 1.807) is 42.2 Å². The number of likely N-dealkylation sites (tertiary alicyclic amines) is 1. The van der Waals surface area contributed by atoms with Gasteiger partial charge in [0, 0.05) is 51.3 Å². The molecular weight excluding hydrogens is 362 g/mol. The molecule has 1 aromatic carbocycles. The molecule has 0 bridgehead atoms. The molecule has 1 fully saturated rings. The van der Waals surface area contributed by atoms with Crippen LogP contribution in [0.2, 0.25) is 5.02 Å². The number of nitrogens with zero attached hydrogens (tertiary/aromatic N) is 3. The Morgan fingerprint density at radius 3 is 2.65 bits per heavy atom. The average molecular weight is 383 g/mol. The molecule has 26 heavy (non-hydrogen) atoms. The predicted molar refractivity (Wildman–Crippen MR) is 95.5 cm³/mol. The van der Waals surface area contributed by atoms with Gasteiger partial charge in [0.05, 0.1) is 22.8 Å². The summed E-state index contributed by atoms with van der Waals surface area (Å²) in [5.41, 5.74) is 1.28. The number of benzene rings is 1. The number of amides is 1. The molecule has 1 amide bonds. The Morgan fingerprint density at radius 1 is 1.35 bits per heavy atom. The van der Waals surface area contributed by atoms with Crippen LogP contribution in [0.5, 0.6) is 0 Å². The summed E-state index contributed by atoms with van der Waals surface area (Å²) in [6.45, 7) is 0.838. The van der Waals surface area contributed by atoms with Gasteiger partial charge in [0.15, 0.2) is 0 Å². The minimum Gasteiger partial charge on any atom is -0.350 e. The highest BCUT2D eigenvalue weighted by atomic mass is 35.5. The Bertz CT molecular complexity index is 770. The van der Waals surface area contributed by atoms with E-state index < -0.39 is 5.92 Å². The lowest BCUT2D eigenvalue weighted by molar-refractivity contribution is -0.0632. The fourth-order valence-electron chi connectivity index (χ4n) is 3.16. The van der Waals surface area contributed by atoms with Crippen molar-refractivity contribution >= 4 is 17.5 Å². The number of hydrogen-bond acceptors (Lipinski definition) is 3. The number of alkyl halides is 2. The monoisotopic (exact) mass is 382 g/mol. The number of aromatic nitrogens is 2. The first-order valence-electron chi connectivity index (χ1n) is 8.49. The van der Waals surface area contributed by atoms with Gasteiger partial charge in [0.1, 0.15) is 0 Å². The topological polar surface area (TPSA) is 50.2 Å². The van der Waals surface area contributed by atoms with E-state index in [1.165, 1.54) is 0 Å². The summed E-state index contributed by atoms with van der Waals surface area (Å²) in [7, 11) is 1.80. The Kier molecular flexibility index (Phi) is 5.58. The van der Waals surface area contributed by atoms with Gasteiger partial charge in [-0.1, -0.05) is 23.7 Å². The maximum Gasteiger partial charge on any atom is 0.252 e. The van der Waals surface area contributed by atoms with Crippen molar-refractivity contribution in [2.75, 3.05) is 19.6 Å². The van der Waals surface area contributed by atoms with Crippen LogP contribution in [0.1, 0.15) is 34.8 Å². The number of nitrogens with one attached hydrogen (secondary N) is 1. The van der Waals surface area contributed by atoms with E-state index in [9.17, 15) is 13.6 Å². The molecule has 1 N–H and O–H groups in total. The van der Waals surface area contributed by atoms with Crippen LogP contribution in [-0.4, -0.2) is 46.1 Å². The number of hydrogen-bond donors (Lipinski definition) is 1. The van der Waals surface area contributed by atoms with Crippen LogP contribution >= 0.6 is 11.6 Å². The molecule has 5 nitrogen and oxygen atoms in total. The molecule has 2 aromatic rings. The molecule has 140 valence electrons. The first-order valence-corrected chi connectivity index (χ1v) is 8.87. The summed E-state index contributed by atoms with van der Waals surface area (Å²) in [4.78, 5) is 14.4. The summed E-state index contributed by atoms with van der Waals surface area (Å²) in [5.74, 6) is -2.90. The van der Waals surface area contributed by atoms with Gasteiger partial charge < -0.3 is 5.32 Å². The SMILES string of the molecule is Cn1cc(C(CNC(=O)c2ccccc2Cl)N2CCC(F)(F)CC2)cn1. The standard InChI is InChI=1S/C18H21ClF2N4O/c1-24-12-13(10-23-24)16(25-8-6-18(20,21)7-9-25)11-22-17(26)14-4-2-3-5-15(14)19/h2-5,10,12,16H,6-9,11H2,1H3,(H,22,26). The van der Waals surface area contributed by atoms with Gasteiger partial charge in [0.25, 0.3) is 11.8 Å². The van der Waals surface area contributed by atoms with Gasteiger partial charge in [0.2, 0.25) is 0 Å². The van der Waals surface area contributed by atoms with E-state index >= 15 is 0 Å². The minimum absolute atomic E-state index is 0.178. The summed E-state index contributed by atoms with van der Waals surface area (Å²) in [6.07, 6.45) is 3.20. The minimum atomic E-state index is -2.61. The van der Waals surface area contributed by atoms with Crippen molar-refractivity contribution in [2.45, 2.75) is 24.8 Å². The number of aryl methyl sites for hydroxylation is 1. The van der Waals surface area contributed by atoms with Gasteiger partial charge in [-0.2, -0.15) is 5.10 Å². The van der Waals surface area contributed by atoms with Crippen LogP contribution in [0.3, 0.4) is 0 Å².